The molecule has 0 bridgehead atoms. The van der Waals surface area contributed by atoms with Gasteiger partial charge in [-0.25, -0.2) is 4.98 Å². The molecule has 2 rings (SSSR count). The minimum atomic E-state index is -3.33. The Morgan fingerprint density at radius 1 is 1.29 bits per heavy atom. The van der Waals surface area contributed by atoms with Gasteiger partial charge < -0.3 is 0 Å². The number of thiazole rings is 1. The van der Waals surface area contributed by atoms with E-state index in [9.17, 15) is 8.42 Å². The summed E-state index contributed by atoms with van der Waals surface area (Å²) in [7, 11) is -3.33. The van der Waals surface area contributed by atoms with E-state index < -0.39 is 10.2 Å². The van der Waals surface area contributed by atoms with Crippen molar-refractivity contribution in [1.82, 2.24) is 14.0 Å². The summed E-state index contributed by atoms with van der Waals surface area (Å²) in [6.07, 6.45) is 4.16. The van der Waals surface area contributed by atoms with Crippen molar-refractivity contribution in [3.63, 3.8) is 0 Å². The Balaban J connectivity index is 1.93. The molecule has 7 heteroatoms. The van der Waals surface area contributed by atoms with Crippen LogP contribution in [0.4, 0.5) is 0 Å². The van der Waals surface area contributed by atoms with Gasteiger partial charge in [-0.1, -0.05) is 12.8 Å². The van der Waals surface area contributed by atoms with Crippen LogP contribution in [-0.4, -0.2) is 30.8 Å². The van der Waals surface area contributed by atoms with E-state index in [1.807, 2.05) is 5.38 Å². The fourth-order valence-electron chi connectivity index (χ4n) is 1.86. The largest absolute Gasteiger partial charge is 0.279 e. The molecule has 1 N–H and O–H groups in total. The molecule has 0 spiro atoms. The average molecular weight is 275 g/mol. The molecule has 17 heavy (non-hydrogen) atoms. The summed E-state index contributed by atoms with van der Waals surface area (Å²) < 4.78 is 28.2. The molecule has 1 fully saturated rings. The molecule has 1 saturated heterocycles. The van der Waals surface area contributed by atoms with Gasteiger partial charge in [0.2, 0.25) is 0 Å². The van der Waals surface area contributed by atoms with Crippen LogP contribution in [0.2, 0.25) is 0 Å². The van der Waals surface area contributed by atoms with E-state index in [1.165, 1.54) is 11.3 Å². The lowest BCUT2D eigenvalue weighted by atomic mass is 10.2. The van der Waals surface area contributed by atoms with Crippen LogP contribution in [-0.2, 0) is 16.8 Å². The quantitative estimate of drug-likeness (QED) is 0.902. The molecule has 1 aliphatic heterocycles. The van der Waals surface area contributed by atoms with E-state index in [0.29, 0.717) is 13.1 Å². The van der Waals surface area contributed by atoms with Crippen LogP contribution in [0, 0.1) is 0 Å². The van der Waals surface area contributed by atoms with Crippen molar-refractivity contribution in [2.24, 2.45) is 0 Å². The molecule has 96 valence electrons. The first-order chi connectivity index (χ1) is 8.18. The maximum absolute atomic E-state index is 12.0. The van der Waals surface area contributed by atoms with Gasteiger partial charge in [-0.15, -0.1) is 11.3 Å². The Morgan fingerprint density at radius 2 is 2.00 bits per heavy atom. The number of hydrogen-bond donors (Lipinski definition) is 1. The van der Waals surface area contributed by atoms with E-state index >= 15 is 0 Å². The highest BCUT2D eigenvalue weighted by Gasteiger charge is 2.22. The van der Waals surface area contributed by atoms with E-state index in [2.05, 4.69) is 9.71 Å². The topological polar surface area (TPSA) is 62.3 Å². The summed E-state index contributed by atoms with van der Waals surface area (Å²) in [6.45, 7) is 1.54. The van der Waals surface area contributed by atoms with Gasteiger partial charge in [0, 0.05) is 18.5 Å². The first-order valence-corrected chi connectivity index (χ1v) is 8.18. The molecule has 1 aliphatic rings. The van der Waals surface area contributed by atoms with Gasteiger partial charge in [-0.3, -0.25) is 0 Å². The minimum Gasteiger partial charge on any atom is -0.248 e. The number of nitrogens with zero attached hydrogens (tertiary/aromatic N) is 2. The van der Waals surface area contributed by atoms with Crippen molar-refractivity contribution < 1.29 is 8.42 Å². The van der Waals surface area contributed by atoms with Gasteiger partial charge in [0.15, 0.2) is 0 Å². The van der Waals surface area contributed by atoms with Crippen LogP contribution in [0.5, 0.6) is 0 Å². The van der Waals surface area contributed by atoms with Gasteiger partial charge in [0.25, 0.3) is 10.2 Å². The molecular formula is C10H17N3O2S2. The highest BCUT2D eigenvalue weighted by molar-refractivity contribution is 7.87. The summed E-state index contributed by atoms with van der Waals surface area (Å²) in [5.74, 6) is 0. The van der Waals surface area contributed by atoms with Crippen LogP contribution >= 0.6 is 11.3 Å². The third-order valence-electron chi connectivity index (χ3n) is 2.82. The van der Waals surface area contributed by atoms with Crippen molar-refractivity contribution in [3.8, 4) is 0 Å². The average Bonchev–Trinajstić information content (AvgIpc) is 2.66. The Morgan fingerprint density at radius 3 is 2.59 bits per heavy atom. The van der Waals surface area contributed by atoms with E-state index in [4.69, 9.17) is 0 Å². The van der Waals surface area contributed by atoms with E-state index in [0.717, 1.165) is 31.4 Å². The van der Waals surface area contributed by atoms with Crippen molar-refractivity contribution in [1.29, 1.82) is 0 Å². The van der Waals surface area contributed by atoms with Gasteiger partial charge in [-0.2, -0.15) is 17.4 Å². The standard InChI is InChI=1S/C10H17N3O2S2/c14-17(15,12-7-10-8-16-9-11-10)13-5-3-1-2-4-6-13/h8-9,12H,1-7H2. The van der Waals surface area contributed by atoms with Crippen molar-refractivity contribution in [2.75, 3.05) is 13.1 Å². The lowest BCUT2D eigenvalue weighted by Gasteiger charge is -2.19. The van der Waals surface area contributed by atoms with E-state index in [-0.39, 0.29) is 6.54 Å². The SMILES string of the molecule is O=S(=O)(NCc1cscn1)N1CCCCCC1. The second-order valence-corrected chi connectivity index (χ2v) is 6.59. The molecule has 0 unspecified atom stereocenters. The fraction of sp³-hybridized carbons (Fsp3) is 0.700. The number of rotatable bonds is 4. The highest BCUT2D eigenvalue weighted by atomic mass is 32.2. The molecule has 0 saturated carbocycles. The highest BCUT2D eigenvalue weighted by Crippen LogP contribution is 2.12. The second kappa shape index (κ2) is 5.90. The molecule has 0 atom stereocenters. The zero-order valence-corrected chi connectivity index (χ0v) is 11.3. The lowest BCUT2D eigenvalue weighted by molar-refractivity contribution is 0.414. The van der Waals surface area contributed by atoms with Crippen LogP contribution in [0.1, 0.15) is 31.4 Å². The van der Waals surface area contributed by atoms with Gasteiger partial charge in [0.05, 0.1) is 17.7 Å². The number of nitrogens with one attached hydrogen (secondary N) is 1. The third kappa shape index (κ3) is 3.74. The van der Waals surface area contributed by atoms with Gasteiger partial charge in [0.1, 0.15) is 0 Å². The first-order valence-electron chi connectivity index (χ1n) is 5.80. The van der Waals surface area contributed by atoms with Crippen LogP contribution < -0.4 is 4.72 Å². The zero-order valence-electron chi connectivity index (χ0n) is 9.63. The maximum Gasteiger partial charge on any atom is 0.279 e. The van der Waals surface area contributed by atoms with Crippen molar-refractivity contribution in [2.45, 2.75) is 32.2 Å². The number of aromatic nitrogens is 1. The van der Waals surface area contributed by atoms with Crippen LogP contribution in [0.3, 0.4) is 0 Å². The van der Waals surface area contributed by atoms with Gasteiger partial charge >= 0.3 is 0 Å². The lowest BCUT2D eigenvalue weighted by Crippen LogP contribution is -2.40. The predicted octanol–water partition coefficient (Wildman–Crippen LogP) is 1.35. The molecule has 2 heterocycles. The molecule has 0 amide bonds. The first kappa shape index (κ1) is 12.9. The zero-order chi connectivity index (χ0) is 12.1. The predicted molar refractivity (Wildman–Crippen MR) is 67.9 cm³/mol. The van der Waals surface area contributed by atoms with Crippen LogP contribution in [0.25, 0.3) is 0 Å². The Hall–Kier alpha value is -0.500. The summed E-state index contributed by atoms with van der Waals surface area (Å²) in [4.78, 5) is 4.06. The maximum atomic E-state index is 12.0. The molecule has 1 aromatic heterocycles. The minimum absolute atomic E-state index is 0.280. The Bertz CT molecular complexity index is 422. The van der Waals surface area contributed by atoms with Crippen molar-refractivity contribution in [3.05, 3.63) is 16.6 Å². The molecule has 5 nitrogen and oxygen atoms in total. The molecule has 0 aromatic carbocycles. The monoisotopic (exact) mass is 275 g/mol. The smallest absolute Gasteiger partial charge is 0.248 e. The third-order valence-corrected chi connectivity index (χ3v) is 5.01. The molecular weight excluding hydrogens is 258 g/mol. The Labute approximate surface area is 106 Å². The van der Waals surface area contributed by atoms with Crippen LogP contribution in [0.15, 0.2) is 10.9 Å². The fourth-order valence-corrected chi connectivity index (χ4v) is 3.67. The summed E-state index contributed by atoms with van der Waals surface area (Å²) in [5, 5.41) is 1.85. The normalized spacial score (nSPS) is 19.1. The number of hydrogen-bond acceptors (Lipinski definition) is 4. The van der Waals surface area contributed by atoms with E-state index in [1.54, 1.807) is 9.82 Å². The Kier molecular flexibility index (Phi) is 4.49. The molecule has 1 aromatic rings. The molecule has 0 radical (unpaired) electrons. The summed E-state index contributed by atoms with van der Waals surface area (Å²) >= 11 is 1.47. The van der Waals surface area contributed by atoms with Crippen molar-refractivity contribution >= 4 is 21.5 Å². The summed E-state index contributed by atoms with van der Waals surface area (Å²) in [6, 6.07) is 0. The second-order valence-electron chi connectivity index (χ2n) is 4.12. The summed E-state index contributed by atoms with van der Waals surface area (Å²) in [5.41, 5.74) is 2.48. The molecule has 0 aliphatic carbocycles. The van der Waals surface area contributed by atoms with Gasteiger partial charge in [-0.05, 0) is 12.8 Å².